The van der Waals surface area contributed by atoms with Crippen LogP contribution >= 0.6 is 23.4 Å². The van der Waals surface area contributed by atoms with Gasteiger partial charge in [0, 0.05) is 22.7 Å². The highest BCUT2D eigenvalue weighted by Crippen LogP contribution is 2.51. The maximum Gasteiger partial charge on any atom is 0.229 e. The van der Waals surface area contributed by atoms with E-state index in [4.69, 9.17) is 11.6 Å². The summed E-state index contributed by atoms with van der Waals surface area (Å²) < 4.78 is 0. The minimum atomic E-state index is -0.317. The first-order valence-electron chi connectivity index (χ1n) is 9.63. The summed E-state index contributed by atoms with van der Waals surface area (Å²) in [5, 5.41) is 1.35. The van der Waals surface area contributed by atoms with Crippen molar-refractivity contribution in [3.05, 3.63) is 47.0 Å². The zero-order valence-corrected chi connectivity index (χ0v) is 17.9. The van der Waals surface area contributed by atoms with Crippen LogP contribution in [0.15, 0.2) is 30.9 Å². The van der Waals surface area contributed by atoms with E-state index in [1.165, 1.54) is 11.1 Å². The number of carbonyl (C=O) groups is 1. The third kappa shape index (κ3) is 3.45. The average Bonchev–Trinajstić information content (AvgIpc) is 2.58. The fraction of sp³-hybridized carbons (Fsp3) is 0.591. The number of nitrogens with zero attached hydrogens (tertiary/aromatic N) is 1. The van der Waals surface area contributed by atoms with Crippen LogP contribution in [-0.2, 0) is 4.79 Å². The lowest BCUT2D eigenvalue weighted by Gasteiger charge is -2.53. The summed E-state index contributed by atoms with van der Waals surface area (Å²) >= 11 is 8.26. The van der Waals surface area contributed by atoms with Crippen LogP contribution in [0.1, 0.15) is 70.0 Å². The van der Waals surface area contributed by atoms with Crippen LogP contribution in [0.3, 0.4) is 0 Å². The normalized spacial score (nSPS) is 30.9. The van der Waals surface area contributed by atoms with Crippen LogP contribution in [0.2, 0.25) is 5.02 Å². The van der Waals surface area contributed by atoms with Crippen LogP contribution < -0.4 is 0 Å². The smallest absolute Gasteiger partial charge is 0.229 e. The lowest BCUT2D eigenvalue weighted by atomic mass is 9.70. The van der Waals surface area contributed by atoms with Crippen molar-refractivity contribution in [3.63, 3.8) is 0 Å². The highest BCUT2D eigenvalue weighted by Gasteiger charge is 2.50. The monoisotopic (exact) mass is 391 g/mol. The predicted octanol–water partition coefficient (Wildman–Crippen LogP) is 6.21. The topological polar surface area (TPSA) is 20.3 Å². The molecule has 2 aliphatic rings. The molecule has 4 atom stereocenters. The van der Waals surface area contributed by atoms with Gasteiger partial charge >= 0.3 is 0 Å². The first kappa shape index (κ1) is 19.8. The zero-order chi connectivity index (χ0) is 19.1. The predicted molar refractivity (Wildman–Crippen MR) is 113 cm³/mol. The quantitative estimate of drug-likeness (QED) is 0.556. The van der Waals surface area contributed by atoms with Gasteiger partial charge in [-0.3, -0.25) is 4.79 Å². The molecule has 3 rings (SSSR count). The molecule has 0 saturated carbocycles. The van der Waals surface area contributed by atoms with Gasteiger partial charge in [-0.2, -0.15) is 11.8 Å². The molecule has 0 aliphatic carbocycles. The van der Waals surface area contributed by atoms with Gasteiger partial charge in [0.1, 0.15) is 0 Å². The van der Waals surface area contributed by atoms with Gasteiger partial charge in [0.25, 0.3) is 0 Å². The second kappa shape index (κ2) is 7.59. The molecule has 4 heteroatoms. The summed E-state index contributed by atoms with van der Waals surface area (Å²) in [5.74, 6) is 1.56. The first-order valence-corrected chi connectivity index (χ1v) is 11.1. The number of piperidine rings is 1. The van der Waals surface area contributed by atoms with Crippen molar-refractivity contribution >= 4 is 29.3 Å². The molecule has 0 bridgehead atoms. The summed E-state index contributed by atoms with van der Waals surface area (Å²) in [6.07, 6.45) is 4.58. The van der Waals surface area contributed by atoms with Gasteiger partial charge in [-0.05, 0) is 47.8 Å². The van der Waals surface area contributed by atoms with Crippen LogP contribution in [-0.4, -0.2) is 27.9 Å². The van der Waals surface area contributed by atoms with Crippen molar-refractivity contribution in [1.82, 2.24) is 4.90 Å². The van der Waals surface area contributed by atoms with Crippen molar-refractivity contribution in [2.45, 2.75) is 70.2 Å². The number of rotatable bonds is 5. The second-order valence-electron chi connectivity index (χ2n) is 8.33. The molecular formula is C22H30ClNOS. The molecule has 1 aromatic carbocycles. The summed E-state index contributed by atoms with van der Waals surface area (Å²) in [4.78, 5) is 15.8. The lowest BCUT2D eigenvalue weighted by Crippen LogP contribution is -2.57. The Morgan fingerprint density at radius 1 is 1.42 bits per heavy atom. The molecule has 0 aromatic heterocycles. The molecule has 2 nitrogen and oxygen atoms in total. The second-order valence-corrected chi connectivity index (χ2v) is 10.4. The molecule has 1 fully saturated rings. The number of halogens is 1. The fourth-order valence-corrected chi connectivity index (χ4v) is 5.77. The fourth-order valence-electron chi connectivity index (χ4n) is 4.56. The Hall–Kier alpha value is -0.930. The Balaban J connectivity index is 2.04. The van der Waals surface area contributed by atoms with E-state index in [1.807, 2.05) is 23.9 Å². The molecule has 1 saturated heterocycles. The largest absolute Gasteiger partial charge is 0.331 e. The van der Waals surface area contributed by atoms with Crippen molar-refractivity contribution < 1.29 is 4.79 Å². The molecule has 0 N–H and O–H groups in total. The molecule has 26 heavy (non-hydrogen) atoms. The Labute approximate surface area is 167 Å². The van der Waals surface area contributed by atoms with Gasteiger partial charge < -0.3 is 4.90 Å². The number of hydrogen-bond acceptors (Lipinski definition) is 2. The third-order valence-electron chi connectivity index (χ3n) is 6.08. The van der Waals surface area contributed by atoms with Crippen LogP contribution in [0.4, 0.5) is 0 Å². The molecule has 0 radical (unpaired) electrons. The summed E-state index contributed by atoms with van der Waals surface area (Å²) in [6.45, 7) is 12.7. The Morgan fingerprint density at radius 3 is 2.81 bits per heavy atom. The van der Waals surface area contributed by atoms with Gasteiger partial charge in [-0.1, -0.05) is 51.4 Å². The summed E-state index contributed by atoms with van der Waals surface area (Å²) in [7, 11) is 0. The van der Waals surface area contributed by atoms with Gasteiger partial charge in [0.05, 0.1) is 11.5 Å². The minimum absolute atomic E-state index is 0.182. The minimum Gasteiger partial charge on any atom is -0.331 e. The SMILES string of the molecule is C=CC[C@@]1(C)CCC2c3ccc(Cl)cc3C(C)C(CSC(C)C)N2C1=O. The van der Waals surface area contributed by atoms with E-state index < -0.39 is 0 Å². The van der Waals surface area contributed by atoms with Crippen molar-refractivity contribution in [2.75, 3.05) is 5.75 Å². The summed E-state index contributed by atoms with van der Waals surface area (Å²) in [5.41, 5.74) is 2.30. The molecule has 3 unspecified atom stereocenters. The van der Waals surface area contributed by atoms with E-state index >= 15 is 0 Å². The van der Waals surface area contributed by atoms with E-state index in [9.17, 15) is 4.79 Å². The highest BCUT2D eigenvalue weighted by molar-refractivity contribution is 7.99. The van der Waals surface area contributed by atoms with Crippen molar-refractivity contribution in [3.8, 4) is 0 Å². The number of amides is 1. The maximum absolute atomic E-state index is 13.6. The van der Waals surface area contributed by atoms with E-state index in [1.54, 1.807) is 0 Å². The van der Waals surface area contributed by atoms with Gasteiger partial charge in [-0.25, -0.2) is 0 Å². The van der Waals surface area contributed by atoms with Gasteiger partial charge in [0.2, 0.25) is 5.91 Å². The van der Waals surface area contributed by atoms with E-state index in [0.717, 1.165) is 30.0 Å². The molecule has 2 aliphatic heterocycles. The molecule has 1 aromatic rings. The molecule has 1 amide bonds. The Bertz CT molecular complexity index is 703. The van der Waals surface area contributed by atoms with E-state index in [-0.39, 0.29) is 17.5 Å². The number of fused-ring (bicyclic) bond motifs is 3. The summed E-state index contributed by atoms with van der Waals surface area (Å²) in [6, 6.07) is 6.63. The Morgan fingerprint density at radius 2 is 2.15 bits per heavy atom. The van der Waals surface area contributed by atoms with Crippen molar-refractivity contribution in [1.29, 1.82) is 0 Å². The number of thioether (sulfide) groups is 1. The highest BCUT2D eigenvalue weighted by atomic mass is 35.5. The van der Waals surface area contributed by atoms with Gasteiger partial charge in [0.15, 0.2) is 0 Å². The van der Waals surface area contributed by atoms with E-state index in [2.05, 4.69) is 51.3 Å². The Kier molecular flexibility index (Phi) is 5.79. The molecule has 2 heterocycles. The lowest BCUT2D eigenvalue weighted by molar-refractivity contribution is -0.153. The average molecular weight is 392 g/mol. The molecule has 142 valence electrons. The standard InChI is InChI=1S/C22H30ClNOS/c1-6-10-22(5)11-9-19-17-8-7-16(23)12-18(17)15(4)20(13-26-14(2)3)24(19)21(22)25/h6-8,12,14-15,19-20H,1,9-11,13H2,2-5H3/t15?,19?,20?,22-/m0/s1. The third-order valence-corrected chi connectivity index (χ3v) is 7.52. The maximum atomic E-state index is 13.6. The van der Waals surface area contributed by atoms with Gasteiger partial charge in [-0.15, -0.1) is 6.58 Å². The number of allylic oxidation sites excluding steroid dienone is 1. The first-order chi connectivity index (χ1) is 12.3. The van der Waals surface area contributed by atoms with E-state index in [0.29, 0.717) is 17.1 Å². The van der Waals surface area contributed by atoms with Crippen LogP contribution in [0.25, 0.3) is 0 Å². The molecule has 0 spiro atoms. The zero-order valence-electron chi connectivity index (χ0n) is 16.3. The number of benzene rings is 1. The number of carbonyl (C=O) groups excluding carboxylic acids is 1. The number of hydrogen-bond donors (Lipinski definition) is 0. The van der Waals surface area contributed by atoms with Crippen molar-refractivity contribution in [2.24, 2.45) is 5.41 Å². The molecular weight excluding hydrogens is 362 g/mol. The van der Waals surface area contributed by atoms with Crippen LogP contribution in [0.5, 0.6) is 0 Å². The van der Waals surface area contributed by atoms with Crippen LogP contribution in [0, 0.1) is 5.41 Å².